The number of anilines is 1. The maximum atomic E-state index is 4.39. The first-order chi connectivity index (χ1) is 10.4. The predicted octanol–water partition coefficient (Wildman–Crippen LogP) is 5.25. The van der Waals surface area contributed by atoms with Gasteiger partial charge >= 0.3 is 0 Å². The van der Waals surface area contributed by atoms with E-state index in [1.807, 2.05) is 40.1 Å². The number of piperidine rings is 1. The molecule has 3 rings (SSSR count). The highest BCUT2D eigenvalue weighted by Crippen LogP contribution is 2.15. The Morgan fingerprint density at radius 2 is 1.24 bits per heavy atom. The fraction of sp³-hybridized carbons (Fsp3) is 0.778. The minimum absolute atomic E-state index is 0.905. The van der Waals surface area contributed by atoms with Crippen LogP contribution in [0, 0.1) is 0 Å². The zero-order valence-electron chi connectivity index (χ0n) is 14.9. The molecule has 0 aromatic carbocycles. The van der Waals surface area contributed by atoms with Gasteiger partial charge in [-0.05, 0) is 31.2 Å². The number of aromatic nitrogens is 2. The Balaban J connectivity index is 0.000000483. The molecule has 0 spiro atoms. The van der Waals surface area contributed by atoms with E-state index in [0.717, 1.165) is 25.5 Å². The lowest BCUT2D eigenvalue weighted by Gasteiger charge is -2.26. The van der Waals surface area contributed by atoms with Crippen molar-refractivity contribution in [2.75, 3.05) is 18.0 Å². The summed E-state index contributed by atoms with van der Waals surface area (Å²) in [6.07, 6.45) is 13.3. The molecule has 1 saturated carbocycles. The van der Waals surface area contributed by atoms with Gasteiger partial charge in [-0.25, -0.2) is 9.97 Å². The van der Waals surface area contributed by atoms with Gasteiger partial charge in [0.2, 0.25) is 5.95 Å². The summed E-state index contributed by atoms with van der Waals surface area (Å²) in [5.74, 6) is 0.905. The van der Waals surface area contributed by atoms with Gasteiger partial charge in [-0.2, -0.15) is 0 Å². The molecule has 0 unspecified atom stereocenters. The monoisotopic (exact) mass is 293 g/mol. The second-order valence-corrected chi connectivity index (χ2v) is 4.85. The van der Waals surface area contributed by atoms with Crippen molar-refractivity contribution < 1.29 is 0 Å². The van der Waals surface area contributed by atoms with Crippen LogP contribution >= 0.6 is 0 Å². The van der Waals surface area contributed by atoms with Gasteiger partial charge in [0.05, 0.1) is 0 Å². The average molecular weight is 293 g/mol. The molecule has 3 heteroatoms. The van der Waals surface area contributed by atoms with E-state index in [1.54, 1.807) is 0 Å². The van der Waals surface area contributed by atoms with Crippen molar-refractivity contribution in [3.63, 3.8) is 0 Å². The molecule has 1 aliphatic carbocycles. The highest BCUT2D eigenvalue weighted by atomic mass is 15.2. The summed E-state index contributed by atoms with van der Waals surface area (Å²) >= 11 is 0. The normalized spacial score (nSPS) is 15.4. The zero-order chi connectivity index (χ0) is 15.9. The number of hydrogen-bond acceptors (Lipinski definition) is 3. The molecule has 21 heavy (non-hydrogen) atoms. The van der Waals surface area contributed by atoms with Gasteiger partial charge in [0.1, 0.15) is 0 Å². The SMILES string of the molecule is C1CC1.CC.CC.CCc1cnc(N2CCCCC2)nc1. The first-order valence-corrected chi connectivity index (χ1v) is 8.96. The minimum atomic E-state index is 0.905. The second kappa shape index (κ2) is 13.8. The summed E-state index contributed by atoms with van der Waals surface area (Å²) in [4.78, 5) is 11.1. The molecule has 1 aromatic rings. The molecule has 1 aromatic heterocycles. The third-order valence-corrected chi connectivity index (χ3v) is 3.09. The molecule has 1 aliphatic heterocycles. The highest BCUT2D eigenvalue weighted by molar-refractivity contribution is 5.30. The van der Waals surface area contributed by atoms with Crippen LogP contribution in [0.3, 0.4) is 0 Å². The van der Waals surface area contributed by atoms with Crippen molar-refractivity contribution in [3.05, 3.63) is 18.0 Å². The average Bonchev–Trinajstić information content (AvgIpc) is 3.48. The molecule has 3 nitrogen and oxygen atoms in total. The molecule has 0 bridgehead atoms. The van der Waals surface area contributed by atoms with E-state index < -0.39 is 0 Å². The van der Waals surface area contributed by atoms with Gasteiger partial charge in [-0.3, -0.25) is 0 Å². The maximum absolute atomic E-state index is 4.39. The molecule has 2 heterocycles. The van der Waals surface area contributed by atoms with Crippen LogP contribution in [0.25, 0.3) is 0 Å². The largest absolute Gasteiger partial charge is 0.341 e. The van der Waals surface area contributed by atoms with Crippen molar-refractivity contribution in [2.45, 2.75) is 79.6 Å². The molecule has 2 fully saturated rings. The van der Waals surface area contributed by atoms with Crippen LogP contribution < -0.4 is 4.90 Å². The van der Waals surface area contributed by atoms with E-state index in [9.17, 15) is 0 Å². The number of aryl methyl sites for hydroxylation is 1. The Labute approximate surface area is 132 Å². The summed E-state index contributed by atoms with van der Waals surface area (Å²) in [5, 5.41) is 0. The van der Waals surface area contributed by atoms with Gasteiger partial charge in [0, 0.05) is 25.5 Å². The molecular weight excluding hydrogens is 258 g/mol. The summed E-state index contributed by atoms with van der Waals surface area (Å²) in [6.45, 7) is 12.4. The van der Waals surface area contributed by atoms with E-state index in [4.69, 9.17) is 0 Å². The number of nitrogens with zero attached hydrogens (tertiary/aromatic N) is 3. The fourth-order valence-corrected chi connectivity index (χ4v) is 1.79. The standard InChI is InChI=1S/C11H17N3.C3H6.2C2H6/c1-2-10-8-12-11(13-9-10)14-6-4-3-5-7-14;1-2-3-1;2*1-2/h8-9H,2-7H2,1H3;1-3H2;2*1-2H3. The van der Waals surface area contributed by atoms with Crippen molar-refractivity contribution in [3.8, 4) is 0 Å². The Kier molecular flexibility index (Phi) is 13.1. The van der Waals surface area contributed by atoms with E-state index in [2.05, 4.69) is 21.8 Å². The Morgan fingerprint density at radius 3 is 1.62 bits per heavy atom. The maximum Gasteiger partial charge on any atom is 0.225 e. The van der Waals surface area contributed by atoms with Crippen molar-refractivity contribution in [1.29, 1.82) is 0 Å². The van der Waals surface area contributed by atoms with Gasteiger partial charge in [0.25, 0.3) is 0 Å². The van der Waals surface area contributed by atoms with E-state index in [-0.39, 0.29) is 0 Å². The number of hydrogen-bond donors (Lipinski definition) is 0. The van der Waals surface area contributed by atoms with Crippen LogP contribution in [-0.2, 0) is 6.42 Å². The van der Waals surface area contributed by atoms with Crippen molar-refractivity contribution in [1.82, 2.24) is 9.97 Å². The van der Waals surface area contributed by atoms with Crippen molar-refractivity contribution in [2.24, 2.45) is 0 Å². The molecular formula is C18H35N3. The third-order valence-electron chi connectivity index (χ3n) is 3.09. The summed E-state index contributed by atoms with van der Waals surface area (Å²) in [7, 11) is 0. The van der Waals surface area contributed by atoms with Crippen LogP contribution in [0.15, 0.2) is 12.4 Å². The quantitative estimate of drug-likeness (QED) is 0.745. The van der Waals surface area contributed by atoms with Crippen LogP contribution in [0.1, 0.15) is 78.7 Å². The van der Waals surface area contributed by atoms with Gasteiger partial charge < -0.3 is 4.90 Å². The summed E-state index contributed by atoms with van der Waals surface area (Å²) < 4.78 is 0. The predicted molar refractivity (Wildman–Crippen MR) is 94.0 cm³/mol. The van der Waals surface area contributed by atoms with Gasteiger partial charge in [-0.15, -0.1) is 0 Å². The third kappa shape index (κ3) is 9.43. The lowest BCUT2D eigenvalue weighted by atomic mass is 10.1. The Bertz CT molecular complexity index is 311. The molecule has 2 aliphatic rings. The topological polar surface area (TPSA) is 29.0 Å². The lowest BCUT2D eigenvalue weighted by molar-refractivity contribution is 0.568. The summed E-state index contributed by atoms with van der Waals surface area (Å²) in [6, 6.07) is 0. The Morgan fingerprint density at radius 1 is 0.810 bits per heavy atom. The number of rotatable bonds is 2. The van der Waals surface area contributed by atoms with Crippen LogP contribution in [0.4, 0.5) is 5.95 Å². The van der Waals surface area contributed by atoms with Crippen LogP contribution in [0.2, 0.25) is 0 Å². The van der Waals surface area contributed by atoms with Crippen LogP contribution in [0.5, 0.6) is 0 Å². The van der Waals surface area contributed by atoms with E-state index in [1.165, 1.54) is 44.1 Å². The van der Waals surface area contributed by atoms with E-state index >= 15 is 0 Å². The van der Waals surface area contributed by atoms with Gasteiger partial charge in [0.15, 0.2) is 0 Å². The first-order valence-electron chi connectivity index (χ1n) is 8.96. The first kappa shape index (κ1) is 19.9. The lowest BCUT2D eigenvalue weighted by Crippen LogP contribution is -2.30. The van der Waals surface area contributed by atoms with Gasteiger partial charge in [-0.1, -0.05) is 53.9 Å². The molecule has 0 amide bonds. The van der Waals surface area contributed by atoms with E-state index in [0.29, 0.717) is 0 Å². The van der Waals surface area contributed by atoms with Crippen LogP contribution in [-0.4, -0.2) is 23.1 Å². The molecule has 122 valence electrons. The molecule has 0 atom stereocenters. The molecule has 1 saturated heterocycles. The fourth-order valence-electron chi connectivity index (χ4n) is 1.79. The molecule has 0 N–H and O–H groups in total. The molecule has 0 radical (unpaired) electrons. The van der Waals surface area contributed by atoms with Crippen molar-refractivity contribution >= 4 is 5.95 Å². The summed E-state index contributed by atoms with van der Waals surface area (Å²) in [5.41, 5.74) is 1.21. The Hall–Kier alpha value is -1.12. The minimum Gasteiger partial charge on any atom is -0.341 e. The smallest absolute Gasteiger partial charge is 0.225 e. The second-order valence-electron chi connectivity index (χ2n) is 4.85. The highest BCUT2D eigenvalue weighted by Gasteiger charge is 2.12. The zero-order valence-corrected chi connectivity index (χ0v) is 14.9.